The Morgan fingerprint density at radius 1 is 1.35 bits per heavy atom. The van der Waals surface area contributed by atoms with Crippen molar-refractivity contribution in [1.82, 2.24) is 10.6 Å². The van der Waals surface area contributed by atoms with E-state index in [4.69, 9.17) is 17.0 Å². The summed E-state index contributed by atoms with van der Waals surface area (Å²) in [6.07, 6.45) is 4.85. The van der Waals surface area contributed by atoms with Crippen molar-refractivity contribution >= 4 is 39.2 Å². The molecule has 1 saturated heterocycles. The molecule has 2 N–H and O–H groups in total. The van der Waals surface area contributed by atoms with Crippen LogP contribution >= 0.6 is 28.1 Å². The molecule has 1 atom stereocenters. The van der Waals surface area contributed by atoms with Crippen molar-refractivity contribution in [3.63, 3.8) is 0 Å². The summed E-state index contributed by atoms with van der Waals surface area (Å²) in [5.41, 5.74) is -0.222. The second-order valence-electron chi connectivity index (χ2n) is 7.10. The molecule has 3 aliphatic rings. The highest BCUT2D eigenvalue weighted by molar-refractivity contribution is 9.10. The van der Waals surface area contributed by atoms with Crippen LogP contribution < -0.4 is 15.4 Å². The molecule has 4 rings (SSSR count). The van der Waals surface area contributed by atoms with Crippen LogP contribution in [-0.2, 0) is 10.3 Å². The number of benzene rings is 1. The van der Waals surface area contributed by atoms with Crippen LogP contribution in [0, 0.1) is 5.92 Å². The zero-order chi connectivity index (χ0) is 16.2. The van der Waals surface area contributed by atoms with Gasteiger partial charge in [0.25, 0.3) is 5.91 Å². The molecular weight excluding hydrogens is 376 g/mol. The first-order valence-electron chi connectivity index (χ1n) is 8.05. The monoisotopic (exact) mass is 394 g/mol. The lowest BCUT2D eigenvalue weighted by molar-refractivity contribution is -0.129. The molecule has 2 fully saturated rings. The quantitative estimate of drug-likeness (QED) is 0.662. The maximum Gasteiger partial charge on any atom is 0.256 e. The number of hydrogen-bond donors (Lipinski definition) is 2. The summed E-state index contributed by atoms with van der Waals surface area (Å²) >= 11 is 8.73. The molecule has 0 bridgehead atoms. The van der Waals surface area contributed by atoms with Gasteiger partial charge >= 0.3 is 0 Å². The molecule has 122 valence electrons. The first-order valence-corrected chi connectivity index (χ1v) is 9.25. The van der Waals surface area contributed by atoms with Crippen LogP contribution in [0.2, 0.25) is 0 Å². The maximum absolute atomic E-state index is 12.8. The number of carbonyl (C=O) groups excluding carboxylic acids is 1. The third-order valence-corrected chi connectivity index (χ3v) is 6.14. The van der Waals surface area contributed by atoms with Gasteiger partial charge in [-0.15, -0.1) is 0 Å². The molecule has 1 amide bonds. The van der Waals surface area contributed by atoms with Crippen LogP contribution in [-0.4, -0.2) is 16.6 Å². The van der Waals surface area contributed by atoms with Crippen molar-refractivity contribution in [1.29, 1.82) is 0 Å². The molecule has 1 aromatic carbocycles. The largest absolute Gasteiger partial charge is 0.487 e. The highest BCUT2D eigenvalue weighted by Crippen LogP contribution is 2.51. The predicted molar refractivity (Wildman–Crippen MR) is 95.3 cm³/mol. The van der Waals surface area contributed by atoms with Crippen molar-refractivity contribution in [2.24, 2.45) is 5.92 Å². The number of ether oxygens (including phenoxy) is 1. The number of carbonyl (C=O) groups is 1. The lowest BCUT2D eigenvalue weighted by Gasteiger charge is -2.48. The van der Waals surface area contributed by atoms with Crippen LogP contribution in [0.4, 0.5) is 0 Å². The Hall–Kier alpha value is -1.14. The standard InChI is InChI=1S/C17H19BrN2O2S/c1-10-4-6-16(7-5-10)9-17(14(21)19-15(23)20-17)12-8-11(18)2-3-13(12)22-16/h2-3,8,10H,4-7,9H2,1H3,(H2,19,20,21,23). The third kappa shape index (κ3) is 2.38. The van der Waals surface area contributed by atoms with Crippen molar-refractivity contribution in [3.8, 4) is 5.75 Å². The zero-order valence-electron chi connectivity index (χ0n) is 12.9. The fourth-order valence-corrected chi connectivity index (χ4v) is 4.77. The number of rotatable bonds is 0. The van der Waals surface area contributed by atoms with E-state index in [2.05, 4.69) is 33.5 Å². The third-order valence-electron chi connectivity index (χ3n) is 5.44. The molecule has 0 aromatic heterocycles. The van der Waals surface area contributed by atoms with E-state index in [1.807, 2.05) is 18.2 Å². The first kappa shape index (κ1) is 15.4. The molecule has 2 heterocycles. The van der Waals surface area contributed by atoms with Crippen LogP contribution in [0.25, 0.3) is 0 Å². The van der Waals surface area contributed by atoms with Crippen molar-refractivity contribution in [2.45, 2.75) is 50.2 Å². The molecular formula is C17H19BrN2O2S. The van der Waals surface area contributed by atoms with Gasteiger partial charge in [0.05, 0.1) is 0 Å². The van der Waals surface area contributed by atoms with E-state index in [0.717, 1.165) is 47.4 Å². The predicted octanol–water partition coefficient (Wildman–Crippen LogP) is 3.38. The van der Waals surface area contributed by atoms with E-state index in [1.165, 1.54) is 0 Å². The van der Waals surface area contributed by atoms with Gasteiger partial charge in [0, 0.05) is 16.5 Å². The van der Waals surface area contributed by atoms with Crippen LogP contribution in [0.15, 0.2) is 22.7 Å². The summed E-state index contributed by atoms with van der Waals surface area (Å²) in [4.78, 5) is 12.8. The Balaban J connectivity index is 1.83. The maximum atomic E-state index is 12.8. The molecule has 1 saturated carbocycles. The Bertz CT molecular complexity index is 700. The minimum Gasteiger partial charge on any atom is -0.487 e. The number of thiocarbonyl (C=S) groups is 1. The van der Waals surface area contributed by atoms with Gasteiger partial charge in [0.15, 0.2) is 10.7 Å². The van der Waals surface area contributed by atoms with E-state index >= 15 is 0 Å². The van der Waals surface area contributed by atoms with Crippen molar-refractivity contribution in [3.05, 3.63) is 28.2 Å². The Kier molecular flexibility index (Phi) is 3.47. The van der Waals surface area contributed by atoms with Gasteiger partial charge in [0.2, 0.25) is 0 Å². The summed E-state index contributed by atoms with van der Waals surface area (Å²) in [5, 5.41) is 6.44. The summed E-state index contributed by atoms with van der Waals surface area (Å²) < 4.78 is 7.38. The van der Waals surface area contributed by atoms with Gasteiger partial charge in [-0.2, -0.15) is 0 Å². The summed E-state index contributed by atoms with van der Waals surface area (Å²) in [7, 11) is 0. The molecule has 1 unspecified atom stereocenters. The average Bonchev–Trinajstić information content (AvgIpc) is 2.78. The van der Waals surface area contributed by atoms with Crippen molar-refractivity contribution in [2.75, 3.05) is 0 Å². The molecule has 0 radical (unpaired) electrons. The van der Waals surface area contributed by atoms with Crippen LogP contribution in [0.1, 0.15) is 44.6 Å². The van der Waals surface area contributed by atoms with Crippen LogP contribution in [0.3, 0.4) is 0 Å². The minimum absolute atomic E-state index is 0.0665. The number of fused-ring (bicyclic) bond motifs is 2. The molecule has 23 heavy (non-hydrogen) atoms. The van der Waals surface area contributed by atoms with E-state index in [1.54, 1.807) is 0 Å². The van der Waals surface area contributed by atoms with Gasteiger partial charge in [0.1, 0.15) is 11.4 Å². The number of amides is 1. The van der Waals surface area contributed by atoms with Gasteiger partial charge < -0.3 is 15.4 Å². The fraction of sp³-hybridized carbons (Fsp3) is 0.529. The smallest absolute Gasteiger partial charge is 0.256 e. The van der Waals surface area contributed by atoms with Gasteiger partial charge in [-0.3, -0.25) is 4.79 Å². The highest BCUT2D eigenvalue weighted by Gasteiger charge is 2.57. The SMILES string of the molecule is CC1CCC2(CC1)CC1(NC(=S)NC1=O)c1cc(Br)ccc1O2. The lowest BCUT2D eigenvalue weighted by Crippen LogP contribution is -2.56. The fourth-order valence-electron chi connectivity index (χ4n) is 4.15. The Morgan fingerprint density at radius 2 is 2.09 bits per heavy atom. The van der Waals surface area contributed by atoms with Gasteiger partial charge in [-0.05, 0) is 62.0 Å². The summed E-state index contributed by atoms with van der Waals surface area (Å²) in [6.45, 7) is 2.28. The molecule has 4 nitrogen and oxygen atoms in total. The molecule has 2 aliphatic heterocycles. The normalized spacial score (nSPS) is 35.7. The zero-order valence-corrected chi connectivity index (χ0v) is 15.4. The van der Waals surface area contributed by atoms with E-state index in [9.17, 15) is 4.79 Å². The second kappa shape index (κ2) is 5.18. The minimum atomic E-state index is -0.810. The Morgan fingerprint density at radius 3 is 2.74 bits per heavy atom. The van der Waals surface area contributed by atoms with E-state index in [0.29, 0.717) is 11.5 Å². The molecule has 1 aromatic rings. The Labute approximate surface area is 149 Å². The number of hydrogen-bond acceptors (Lipinski definition) is 3. The van der Waals surface area contributed by atoms with Gasteiger partial charge in [-0.25, -0.2) is 0 Å². The first-order chi connectivity index (χ1) is 10.9. The highest BCUT2D eigenvalue weighted by atomic mass is 79.9. The molecule has 1 aliphatic carbocycles. The number of nitrogens with one attached hydrogen (secondary N) is 2. The average molecular weight is 395 g/mol. The lowest BCUT2D eigenvalue weighted by atomic mass is 9.69. The summed E-state index contributed by atoms with van der Waals surface area (Å²) in [6, 6.07) is 5.88. The molecule has 2 spiro atoms. The van der Waals surface area contributed by atoms with Crippen LogP contribution in [0.5, 0.6) is 5.75 Å². The number of halogens is 1. The molecule has 6 heteroatoms. The van der Waals surface area contributed by atoms with E-state index in [-0.39, 0.29) is 11.5 Å². The topological polar surface area (TPSA) is 50.4 Å². The van der Waals surface area contributed by atoms with Crippen molar-refractivity contribution < 1.29 is 9.53 Å². The summed E-state index contributed by atoms with van der Waals surface area (Å²) in [5.74, 6) is 1.45. The second-order valence-corrected chi connectivity index (χ2v) is 8.42. The van der Waals surface area contributed by atoms with Gasteiger partial charge in [-0.1, -0.05) is 22.9 Å². The van der Waals surface area contributed by atoms with E-state index < -0.39 is 5.54 Å².